The van der Waals surface area contributed by atoms with Gasteiger partial charge in [0, 0.05) is 19.6 Å². The fourth-order valence-corrected chi connectivity index (χ4v) is 1.83. The van der Waals surface area contributed by atoms with Gasteiger partial charge in [-0.25, -0.2) is 0 Å². The Labute approximate surface area is 115 Å². The van der Waals surface area contributed by atoms with Crippen LogP contribution in [0.5, 0.6) is 5.75 Å². The Hall–Kier alpha value is -1.92. The van der Waals surface area contributed by atoms with Crippen LogP contribution in [0.3, 0.4) is 0 Å². The lowest BCUT2D eigenvalue weighted by molar-refractivity contribution is -0.274. The number of aliphatic imine (C=N–C) groups is 1. The number of rotatable bonds is 4. The molecule has 0 amide bonds. The van der Waals surface area contributed by atoms with Gasteiger partial charge in [-0.3, -0.25) is 4.99 Å². The minimum atomic E-state index is -4.64. The van der Waals surface area contributed by atoms with E-state index in [1.807, 2.05) is 0 Å². The van der Waals surface area contributed by atoms with Crippen molar-refractivity contribution in [3.05, 3.63) is 29.8 Å². The van der Waals surface area contributed by atoms with E-state index >= 15 is 0 Å². The molecule has 0 aromatic heterocycles. The third kappa shape index (κ3) is 4.99. The molecule has 0 unspecified atom stereocenters. The van der Waals surface area contributed by atoms with Crippen molar-refractivity contribution in [3.63, 3.8) is 0 Å². The Morgan fingerprint density at radius 3 is 2.60 bits per heavy atom. The molecule has 0 aliphatic carbocycles. The van der Waals surface area contributed by atoms with E-state index in [-0.39, 0.29) is 5.75 Å². The molecule has 0 atom stereocenters. The Balaban J connectivity index is 1.77. The lowest BCUT2D eigenvalue weighted by Crippen LogP contribution is -2.41. The highest BCUT2D eigenvalue weighted by Gasteiger charge is 2.30. The van der Waals surface area contributed by atoms with Crippen molar-refractivity contribution in [3.8, 4) is 5.75 Å². The molecule has 0 saturated carbocycles. The summed E-state index contributed by atoms with van der Waals surface area (Å²) in [5.74, 6) is 0.584. The SMILES string of the molecule is FC(F)(F)Oc1ccc(CCNC2=NCCCN2)cc1. The van der Waals surface area contributed by atoms with E-state index in [9.17, 15) is 13.2 Å². The van der Waals surface area contributed by atoms with Gasteiger partial charge < -0.3 is 15.4 Å². The van der Waals surface area contributed by atoms with Crippen LogP contribution in [0.15, 0.2) is 29.3 Å². The number of hydrogen-bond donors (Lipinski definition) is 2. The molecule has 1 heterocycles. The van der Waals surface area contributed by atoms with Crippen molar-refractivity contribution in [2.45, 2.75) is 19.2 Å². The zero-order valence-electron chi connectivity index (χ0n) is 10.8. The van der Waals surface area contributed by atoms with Crippen molar-refractivity contribution in [1.29, 1.82) is 0 Å². The van der Waals surface area contributed by atoms with Gasteiger partial charge in [0.1, 0.15) is 5.75 Å². The molecule has 1 aromatic rings. The first-order chi connectivity index (χ1) is 9.53. The minimum absolute atomic E-state index is 0.201. The molecule has 0 spiro atoms. The molecule has 7 heteroatoms. The highest BCUT2D eigenvalue weighted by atomic mass is 19.4. The number of benzene rings is 1. The second kappa shape index (κ2) is 6.49. The van der Waals surface area contributed by atoms with Gasteiger partial charge in [0.05, 0.1) is 0 Å². The Kier molecular flexibility index (Phi) is 4.70. The molecule has 0 fully saturated rings. The average Bonchev–Trinajstić information content (AvgIpc) is 2.40. The summed E-state index contributed by atoms with van der Waals surface area (Å²) in [6, 6.07) is 5.89. The second-order valence-electron chi connectivity index (χ2n) is 4.38. The standard InChI is InChI=1S/C13H16F3N3O/c14-13(15,16)20-11-4-2-10(3-5-11)6-9-19-12-17-7-1-8-18-12/h2-5H,1,6-9H2,(H2,17,18,19). The van der Waals surface area contributed by atoms with E-state index in [1.165, 1.54) is 12.1 Å². The zero-order chi connectivity index (χ0) is 14.4. The number of ether oxygens (including phenoxy) is 1. The van der Waals surface area contributed by atoms with E-state index in [0.29, 0.717) is 13.0 Å². The van der Waals surface area contributed by atoms with E-state index in [0.717, 1.165) is 31.0 Å². The van der Waals surface area contributed by atoms with Crippen LogP contribution in [0.4, 0.5) is 13.2 Å². The molecule has 0 saturated heterocycles. The van der Waals surface area contributed by atoms with Crippen LogP contribution in [0, 0.1) is 0 Å². The van der Waals surface area contributed by atoms with Gasteiger partial charge in [-0.05, 0) is 30.5 Å². The number of nitrogens with one attached hydrogen (secondary N) is 2. The van der Waals surface area contributed by atoms with Gasteiger partial charge in [-0.15, -0.1) is 13.2 Å². The van der Waals surface area contributed by atoms with Gasteiger partial charge in [0.25, 0.3) is 0 Å². The first kappa shape index (κ1) is 14.5. The van der Waals surface area contributed by atoms with Crippen LogP contribution in [-0.2, 0) is 6.42 Å². The summed E-state index contributed by atoms with van der Waals surface area (Å²) in [4.78, 5) is 4.26. The van der Waals surface area contributed by atoms with E-state index in [2.05, 4.69) is 20.4 Å². The van der Waals surface area contributed by atoms with Crippen LogP contribution in [0.1, 0.15) is 12.0 Å². The molecule has 0 bridgehead atoms. The van der Waals surface area contributed by atoms with Crippen LogP contribution < -0.4 is 15.4 Å². The van der Waals surface area contributed by atoms with Crippen molar-refractivity contribution in [2.75, 3.05) is 19.6 Å². The second-order valence-corrected chi connectivity index (χ2v) is 4.38. The maximum Gasteiger partial charge on any atom is 0.573 e. The largest absolute Gasteiger partial charge is 0.573 e. The van der Waals surface area contributed by atoms with Gasteiger partial charge >= 0.3 is 6.36 Å². The van der Waals surface area contributed by atoms with Gasteiger partial charge in [-0.2, -0.15) is 0 Å². The summed E-state index contributed by atoms with van der Waals surface area (Å²) in [6.45, 7) is 2.40. The number of halogens is 3. The first-order valence-corrected chi connectivity index (χ1v) is 6.40. The summed E-state index contributed by atoms with van der Waals surface area (Å²) in [5, 5.41) is 6.28. The first-order valence-electron chi connectivity index (χ1n) is 6.40. The molecular weight excluding hydrogens is 271 g/mol. The van der Waals surface area contributed by atoms with E-state index in [4.69, 9.17) is 0 Å². The molecule has 1 aliphatic heterocycles. The number of alkyl halides is 3. The van der Waals surface area contributed by atoms with Gasteiger partial charge in [0.2, 0.25) is 0 Å². The normalized spacial score (nSPS) is 15.2. The summed E-state index contributed by atoms with van der Waals surface area (Å²) in [6.07, 6.45) is -2.91. The Morgan fingerprint density at radius 1 is 1.25 bits per heavy atom. The molecule has 110 valence electrons. The maximum absolute atomic E-state index is 12.0. The summed E-state index contributed by atoms with van der Waals surface area (Å²) < 4.78 is 39.8. The van der Waals surface area contributed by atoms with Crippen LogP contribution in [0.2, 0.25) is 0 Å². The summed E-state index contributed by atoms with van der Waals surface area (Å²) >= 11 is 0. The fraction of sp³-hybridized carbons (Fsp3) is 0.462. The average molecular weight is 287 g/mol. The van der Waals surface area contributed by atoms with Crippen molar-refractivity contribution < 1.29 is 17.9 Å². The molecule has 1 aliphatic rings. The van der Waals surface area contributed by atoms with E-state index in [1.54, 1.807) is 12.1 Å². The highest BCUT2D eigenvalue weighted by Crippen LogP contribution is 2.22. The molecular formula is C13H16F3N3O. The van der Waals surface area contributed by atoms with Crippen LogP contribution in [0.25, 0.3) is 0 Å². The molecule has 0 radical (unpaired) electrons. The van der Waals surface area contributed by atoms with Gasteiger partial charge in [0.15, 0.2) is 5.96 Å². The number of guanidine groups is 1. The van der Waals surface area contributed by atoms with Crippen molar-refractivity contribution in [1.82, 2.24) is 10.6 Å². The zero-order valence-corrected chi connectivity index (χ0v) is 10.8. The third-order valence-corrected chi connectivity index (χ3v) is 2.76. The van der Waals surface area contributed by atoms with Crippen LogP contribution in [-0.4, -0.2) is 32.0 Å². The quantitative estimate of drug-likeness (QED) is 0.891. The van der Waals surface area contributed by atoms with E-state index < -0.39 is 6.36 Å². The Bertz CT molecular complexity index is 457. The monoisotopic (exact) mass is 287 g/mol. The van der Waals surface area contributed by atoms with Crippen LogP contribution >= 0.6 is 0 Å². The Morgan fingerprint density at radius 2 is 2.00 bits per heavy atom. The number of hydrogen-bond acceptors (Lipinski definition) is 4. The fourth-order valence-electron chi connectivity index (χ4n) is 1.83. The van der Waals surface area contributed by atoms with Gasteiger partial charge in [-0.1, -0.05) is 12.1 Å². The maximum atomic E-state index is 12.0. The molecule has 4 nitrogen and oxygen atoms in total. The molecule has 20 heavy (non-hydrogen) atoms. The molecule has 1 aromatic carbocycles. The smallest absolute Gasteiger partial charge is 0.406 e. The third-order valence-electron chi connectivity index (χ3n) is 2.76. The minimum Gasteiger partial charge on any atom is -0.406 e. The molecule has 2 N–H and O–H groups in total. The summed E-state index contributed by atoms with van der Waals surface area (Å²) in [7, 11) is 0. The lowest BCUT2D eigenvalue weighted by Gasteiger charge is -2.16. The predicted octanol–water partition coefficient (Wildman–Crippen LogP) is 2.07. The topological polar surface area (TPSA) is 45.6 Å². The van der Waals surface area contributed by atoms with Crippen molar-refractivity contribution >= 4 is 5.96 Å². The highest BCUT2D eigenvalue weighted by molar-refractivity contribution is 5.80. The predicted molar refractivity (Wildman–Crippen MR) is 69.8 cm³/mol. The van der Waals surface area contributed by atoms with Crippen molar-refractivity contribution in [2.24, 2.45) is 4.99 Å². The molecule has 2 rings (SSSR count). The lowest BCUT2D eigenvalue weighted by atomic mass is 10.1. The number of nitrogens with zero attached hydrogens (tertiary/aromatic N) is 1. The summed E-state index contributed by atoms with van der Waals surface area (Å²) in [5.41, 5.74) is 0.934.